The van der Waals surface area contributed by atoms with Crippen LogP contribution in [-0.2, 0) is 0 Å². The Kier molecular flexibility index (Phi) is 5.16. The van der Waals surface area contributed by atoms with Crippen LogP contribution in [0.3, 0.4) is 0 Å². The van der Waals surface area contributed by atoms with Gasteiger partial charge in [-0.25, -0.2) is 4.99 Å². The molecule has 7 heteroatoms. The fourth-order valence-corrected chi connectivity index (χ4v) is 2.00. The molecule has 2 aromatic carbocycles. The van der Waals surface area contributed by atoms with Crippen LogP contribution in [0.4, 0.5) is 11.4 Å². The number of guanidine groups is 2. The number of nitrogens with zero attached hydrogens (tertiary/aromatic N) is 2. The molecular formula is C17H20N6O. The number of aliphatic imine (C=N–C) groups is 2. The van der Waals surface area contributed by atoms with Gasteiger partial charge in [0.15, 0.2) is 5.96 Å². The monoisotopic (exact) mass is 324 g/mol. The third-order valence-electron chi connectivity index (χ3n) is 3.27. The van der Waals surface area contributed by atoms with Crippen molar-refractivity contribution in [3.05, 3.63) is 59.2 Å². The highest BCUT2D eigenvalue weighted by Gasteiger charge is 2.08. The number of nitrogens with one attached hydrogen (secondary N) is 1. The van der Waals surface area contributed by atoms with Crippen molar-refractivity contribution in [1.29, 1.82) is 0 Å². The number of aryl methyl sites for hydroxylation is 2. The maximum absolute atomic E-state index is 12.3. The van der Waals surface area contributed by atoms with Crippen molar-refractivity contribution in [2.75, 3.05) is 5.32 Å². The molecule has 0 aromatic heterocycles. The molecule has 0 aliphatic carbocycles. The molecule has 2 rings (SSSR count). The largest absolute Gasteiger partial charge is 0.370 e. The zero-order valence-electron chi connectivity index (χ0n) is 13.6. The molecule has 0 saturated heterocycles. The van der Waals surface area contributed by atoms with Crippen LogP contribution in [0.15, 0.2) is 52.4 Å². The summed E-state index contributed by atoms with van der Waals surface area (Å²) in [6.45, 7) is 3.85. The summed E-state index contributed by atoms with van der Waals surface area (Å²) < 4.78 is 0. The van der Waals surface area contributed by atoms with Gasteiger partial charge in [0.05, 0.1) is 5.69 Å². The van der Waals surface area contributed by atoms with Crippen LogP contribution in [0.5, 0.6) is 0 Å². The average Bonchev–Trinajstić information content (AvgIpc) is 2.50. The van der Waals surface area contributed by atoms with E-state index >= 15 is 0 Å². The number of benzene rings is 2. The molecule has 0 bridgehead atoms. The van der Waals surface area contributed by atoms with Crippen molar-refractivity contribution < 1.29 is 4.79 Å². The van der Waals surface area contributed by atoms with Gasteiger partial charge >= 0.3 is 0 Å². The van der Waals surface area contributed by atoms with Gasteiger partial charge in [-0.1, -0.05) is 23.8 Å². The molecule has 0 atom stereocenters. The van der Waals surface area contributed by atoms with Gasteiger partial charge in [0.1, 0.15) is 0 Å². The molecule has 7 N–H and O–H groups in total. The van der Waals surface area contributed by atoms with Crippen molar-refractivity contribution in [1.82, 2.24) is 0 Å². The summed E-state index contributed by atoms with van der Waals surface area (Å²) in [4.78, 5) is 20.1. The first-order valence-corrected chi connectivity index (χ1v) is 7.27. The van der Waals surface area contributed by atoms with Gasteiger partial charge in [-0.05, 0) is 43.7 Å². The Hall–Kier alpha value is -3.35. The SMILES string of the molecule is Cc1ccc(C(=O)Nc2cc(N=C(N)N=C(N)N)ccc2C)cc1. The highest BCUT2D eigenvalue weighted by molar-refractivity contribution is 6.05. The third-order valence-corrected chi connectivity index (χ3v) is 3.27. The molecule has 0 aliphatic heterocycles. The maximum atomic E-state index is 12.3. The fraction of sp³-hybridized carbons (Fsp3) is 0.118. The molecule has 24 heavy (non-hydrogen) atoms. The van der Waals surface area contributed by atoms with Gasteiger partial charge in [-0.3, -0.25) is 4.79 Å². The van der Waals surface area contributed by atoms with E-state index in [0.717, 1.165) is 11.1 Å². The summed E-state index contributed by atoms with van der Waals surface area (Å²) >= 11 is 0. The van der Waals surface area contributed by atoms with E-state index < -0.39 is 0 Å². The minimum Gasteiger partial charge on any atom is -0.370 e. The molecule has 0 fully saturated rings. The summed E-state index contributed by atoms with van der Waals surface area (Å²) in [6, 6.07) is 12.6. The Bertz CT molecular complexity index is 804. The number of carbonyl (C=O) groups is 1. The topological polar surface area (TPSA) is 132 Å². The predicted octanol–water partition coefficient (Wildman–Crippen LogP) is 1.78. The van der Waals surface area contributed by atoms with Gasteiger partial charge in [0, 0.05) is 11.3 Å². The van der Waals surface area contributed by atoms with Crippen LogP contribution < -0.4 is 22.5 Å². The first-order chi connectivity index (χ1) is 11.3. The van der Waals surface area contributed by atoms with Crippen molar-refractivity contribution in [3.8, 4) is 0 Å². The van der Waals surface area contributed by atoms with Crippen LogP contribution in [0.25, 0.3) is 0 Å². The zero-order chi connectivity index (χ0) is 17.7. The van der Waals surface area contributed by atoms with Gasteiger partial charge in [-0.15, -0.1) is 0 Å². The summed E-state index contributed by atoms with van der Waals surface area (Å²) in [6.07, 6.45) is 0. The molecule has 0 heterocycles. The van der Waals surface area contributed by atoms with E-state index in [-0.39, 0.29) is 17.8 Å². The Labute approximate surface area is 140 Å². The normalized spacial score (nSPS) is 11.0. The van der Waals surface area contributed by atoms with E-state index in [2.05, 4.69) is 15.3 Å². The molecule has 124 valence electrons. The highest BCUT2D eigenvalue weighted by Crippen LogP contribution is 2.23. The number of hydrogen-bond acceptors (Lipinski definition) is 2. The third kappa shape index (κ3) is 4.57. The first-order valence-electron chi connectivity index (χ1n) is 7.27. The van der Waals surface area contributed by atoms with Crippen LogP contribution in [0.2, 0.25) is 0 Å². The maximum Gasteiger partial charge on any atom is 0.255 e. The van der Waals surface area contributed by atoms with Crippen molar-refractivity contribution in [3.63, 3.8) is 0 Å². The van der Waals surface area contributed by atoms with Crippen molar-refractivity contribution >= 4 is 29.2 Å². The minimum atomic E-state index is -0.198. The van der Waals surface area contributed by atoms with Crippen LogP contribution in [-0.4, -0.2) is 17.8 Å². The van der Waals surface area contributed by atoms with E-state index in [1.807, 2.05) is 32.0 Å². The van der Waals surface area contributed by atoms with Crippen LogP contribution in [0, 0.1) is 13.8 Å². The minimum absolute atomic E-state index is 0.0605. The summed E-state index contributed by atoms with van der Waals surface area (Å²) in [7, 11) is 0. The first kappa shape index (κ1) is 17.0. The Balaban J connectivity index is 2.24. The van der Waals surface area contributed by atoms with Crippen molar-refractivity contribution in [2.45, 2.75) is 13.8 Å². The van der Waals surface area contributed by atoms with E-state index in [1.165, 1.54) is 0 Å². The highest BCUT2D eigenvalue weighted by atomic mass is 16.1. The molecule has 0 spiro atoms. The molecule has 0 radical (unpaired) electrons. The number of amides is 1. The summed E-state index contributed by atoms with van der Waals surface area (Å²) in [5, 5.41) is 2.87. The van der Waals surface area contributed by atoms with Gasteiger partial charge in [-0.2, -0.15) is 4.99 Å². The summed E-state index contributed by atoms with van der Waals surface area (Å²) in [5.74, 6) is -0.428. The lowest BCUT2D eigenvalue weighted by Gasteiger charge is -2.09. The second-order valence-corrected chi connectivity index (χ2v) is 5.33. The van der Waals surface area contributed by atoms with Gasteiger partial charge < -0.3 is 22.5 Å². The summed E-state index contributed by atoms with van der Waals surface area (Å²) in [5.41, 5.74) is 19.9. The van der Waals surface area contributed by atoms with Gasteiger partial charge in [0.2, 0.25) is 5.96 Å². The quantitative estimate of drug-likeness (QED) is 0.506. The Morgan fingerprint density at radius 3 is 2.29 bits per heavy atom. The number of rotatable bonds is 3. The number of hydrogen-bond donors (Lipinski definition) is 4. The van der Waals surface area contributed by atoms with E-state index in [4.69, 9.17) is 17.2 Å². The molecular weight excluding hydrogens is 304 g/mol. The lowest BCUT2D eigenvalue weighted by atomic mass is 10.1. The van der Waals surface area contributed by atoms with Crippen LogP contribution in [0.1, 0.15) is 21.5 Å². The fourth-order valence-electron chi connectivity index (χ4n) is 2.00. The molecule has 0 saturated carbocycles. The van der Waals surface area contributed by atoms with Crippen molar-refractivity contribution in [2.24, 2.45) is 27.2 Å². The van der Waals surface area contributed by atoms with Gasteiger partial charge in [0.25, 0.3) is 5.91 Å². The lowest BCUT2D eigenvalue weighted by molar-refractivity contribution is 0.102. The number of carbonyl (C=O) groups excluding carboxylic acids is 1. The lowest BCUT2D eigenvalue weighted by Crippen LogP contribution is -2.26. The van der Waals surface area contributed by atoms with Crippen LogP contribution >= 0.6 is 0 Å². The molecule has 2 aromatic rings. The number of anilines is 1. The molecule has 0 aliphatic rings. The number of nitrogens with two attached hydrogens (primary N) is 3. The second kappa shape index (κ2) is 7.28. The second-order valence-electron chi connectivity index (χ2n) is 5.33. The predicted molar refractivity (Wildman–Crippen MR) is 97.4 cm³/mol. The van der Waals surface area contributed by atoms with E-state index in [0.29, 0.717) is 16.9 Å². The van der Waals surface area contributed by atoms with E-state index in [9.17, 15) is 4.79 Å². The average molecular weight is 324 g/mol. The zero-order valence-corrected chi connectivity index (χ0v) is 13.6. The molecule has 1 amide bonds. The standard InChI is InChI=1S/C17H20N6O/c1-10-3-6-12(7-4-10)15(24)22-14-9-13(8-5-11(14)2)21-17(20)23-16(18)19/h3-9H,1-2H3,(H,22,24)(H6,18,19,20,21,23). The Morgan fingerprint density at radius 1 is 1.00 bits per heavy atom. The van der Waals surface area contributed by atoms with E-state index in [1.54, 1.807) is 24.3 Å². The smallest absolute Gasteiger partial charge is 0.255 e. The molecule has 7 nitrogen and oxygen atoms in total. The Morgan fingerprint density at radius 2 is 1.67 bits per heavy atom. The molecule has 0 unspecified atom stereocenters.